The van der Waals surface area contributed by atoms with E-state index in [-0.39, 0.29) is 0 Å². The van der Waals surface area contributed by atoms with Crippen LogP contribution < -0.4 is 5.32 Å². The average molecular weight is 239 g/mol. The van der Waals surface area contributed by atoms with Crippen LogP contribution in [0.15, 0.2) is 22.7 Å². The maximum atomic E-state index is 8.83. The summed E-state index contributed by atoms with van der Waals surface area (Å²) in [6, 6.07) is 7.81. The zero-order chi connectivity index (χ0) is 9.68. The molecule has 0 aliphatic rings. The number of benzene rings is 1. The Kier molecular flexibility index (Phi) is 3.78. The summed E-state index contributed by atoms with van der Waals surface area (Å²) in [6.45, 7) is 2.99. The molecule has 0 heterocycles. The van der Waals surface area contributed by atoms with E-state index < -0.39 is 0 Å². The topological polar surface area (TPSA) is 35.8 Å². The predicted octanol–water partition coefficient (Wildman–Crippen LogP) is 3.14. The van der Waals surface area contributed by atoms with Crippen LogP contribution in [0.5, 0.6) is 0 Å². The molecule has 0 saturated carbocycles. The van der Waals surface area contributed by atoms with Gasteiger partial charge < -0.3 is 5.32 Å². The normalized spacial score (nSPS) is 9.31. The Morgan fingerprint density at radius 1 is 1.54 bits per heavy atom. The van der Waals surface area contributed by atoms with E-state index in [1.807, 2.05) is 18.2 Å². The van der Waals surface area contributed by atoms with Crippen molar-refractivity contribution in [1.82, 2.24) is 0 Å². The fourth-order valence-electron chi connectivity index (χ4n) is 1.02. The van der Waals surface area contributed by atoms with Crippen molar-refractivity contribution in [3.63, 3.8) is 0 Å². The minimum absolute atomic E-state index is 0.683. The molecule has 0 amide bonds. The number of nitrogens with zero attached hydrogens (tertiary/aromatic N) is 1. The number of anilines is 1. The van der Waals surface area contributed by atoms with Gasteiger partial charge in [-0.1, -0.05) is 22.9 Å². The third-order valence-corrected chi connectivity index (χ3v) is 2.16. The third kappa shape index (κ3) is 2.74. The lowest BCUT2D eigenvalue weighted by atomic mass is 10.2. The van der Waals surface area contributed by atoms with Crippen molar-refractivity contribution in [2.45, 2.75) is 13.3 Å². The minimum atomic E-state index is 0.683. The molecule has 2 nitrogen and oxygen atoms in total. The SMILES string of the molecule is CCCNc1ccc(Br)cc1C#N. The molecule has 1 aromatic carbocycles. The summed E-state index contributed by atoms with van der Waals surface area (Å²) in [4.78, 5) is 0. The number of hydrogen-bond donors (Lipinski definition) is 1. The van der Waals surface area contributed by atoms with Gasteiger partial charge in [0.25, 0.3) is 0 Å². The molecular formula is C10H11BrN2. The number of hydrogen-bond acceptors (Lipinski definition) is 2. The quantitative estimate of drug-likeness (QED) is 0.879. The second kappa shape index (κ2) is 4.88. The first-order chi connectivity index (χ1) is 6.27. The molecule has 1 N–H and O–H groups in total. The summed E-state index contributed by atoms with van der Waals surface area (Å²) in [6.07, 6.45) is 1.06. The molecule has 0 spiro atoms. The Morgan fingerprint density at radius 2 is 2.31 bits per heavy atom. The van der Waals surface area contributed by atoms with Gasteiger partial charge in [0, 0.05) is 11.0 Å². The first-order valence-corrected chi connectivity index (χ1v) is 5.00. The van der Waals surface area contributed by atoms with Crippen molar-refractivity contribution >= 4 is 21.6 Å². The zero-order valence-corrected chi connectivity index (χ0v) is 9.06. The van der Waals surface area contributed by atoms with Gasteiger partial charge in [0.05, 0.1) is 11.3 Å². The fourth-order valence-corrected chi connectivity index (χ4v) is 1.38. The van der Waals surface area contributed by atoms with Crippen LogP contribution in [0.2, 0.25) is 0 Å². The Labute approximate surface area is 86.7 Å². The largest absolute Gasteiger partial charge is 0.384 e. The fraction of sp³-hybridized carbons (Fsp3) is 0.300. The maximum Gasteiger partial charge on any atom is 0.101 e. The van der Waals surface area contributed by atoms with Gasteiger partial charge in [0.1, 0.15) is 6.07 Å². The van der Waals surface area contributed by atoms with Gasteiger partial charge >= 0.3 is 0 Å². The second-order valence-electron chi connectivity index (χ2n) is 2.73. The van der Waals surface area contributed by atoms with Crippen LogP contribution in [0.3, 0.4) is 0 Å². The molecular weight excluding hydrogens is 228 g/mol. The average Bonchev–Trinajstić information content (AvgIpc) is 2.16. The van der Waals surface area contributed by atoms with Crippen LogP contribution in [-0.2, 0) is 0 Å². The molecule has 0 atom stereocenters. The van der Waals surface area contributed by atoms with Gasteiger partial charge in [0.2, 0.25) is 0 Å². The van der Waals surface area contributed by atoms with Crippen LogP contribution in [0.25, 0.3) is 0 Å². The number of nitriles is 1. The van der Waals surface area contributed by atoms with E-state index in [0.717, 1.165) is 23.1 Å². The second-order valence-corrected chi connectivity index (χ2v) is 3.64. The highest BCUT2D eigenvalue weighted by Crippen LogP contribution is 2.19. The van der Waals surface area contributed by atoms with E-state index in [1.54, 1.807) is 0 Å². The summed E-state index contributed by atoms with van der Waals surface area (Å²) in [5.41, 5.74) is 1.59. The zero-order valence-electron chi connectivity index (χ0n) is 7.47. The van der Waals surface area contributed by atoms with Crippen molar-refractivity contribution in [1.29, 1.82) is 5.26 Å². The smallest absolute Gasteiger partial charge is 0.101 e. The van der Waals surface area contributed by atoms with E-state index in [4.69, 9.17) is 5.26 Å². The molecule has 1 aromatic rings. The summed E-state index contributed by atoms with van der Waals surface area (Å²) in [7, 11) is 0. The molecule has 1 rings (SSSR count). The number of halogens is 1. The van der Waals surface area contributed by atoms with Crippen molar-refractivity contribution in [3.05, 3.63) is 28.2 Å². The molecule has 0 fully saturated rings. The summed E-state index contributed by atoms with van der Waals surface area (Å²) in [5, 5.41) is 12.0. The molecule has 13 heavy (non-hydrogen) atoms. The van der Waals surface area contributed by atoms with E-state index in [1.165, 1.54) is 0 Å². The van der Waals surface area contributed by atoms with Crippen molar-refractivity contribution < 1.29 is 0 Å². The molecule has 0 saturated heterocycles. The van der Waals surface area contributed by atoms with Gasteiger partial charge in [-0.2, -0.15) is 5.26 Å². The van der Waals surface area contributed by atoms with Gasteiger partial charge in [-0.3, -0.25) is 0 Å². The third-order valence-electron chi connectivity index (χ3n) is 1.67. The van der Waals surface area contributed by atoms with Gasteiger partial charge in [0.15, 0.2) is 0 Å². The van der Waals surface area contributed by atoms with E-state index >= 15 is 0 Å². The summed E-state index contributed by atoms with van der Waals surface area (Å²) < 4.78 is 0.936. The highest BCUT2D eigenvalue weighted by Gasteiger charge is 2.00. The van der Waals surface area contributed by atoms with Crippen LogP contribution in [-0.4, -0.2) is 6.54 Å². The summed E-state index contributed by atoms with van der Waals surface area (Å²) in [5.74, 6) is 0. The predicted molar refractivity (Wildman–Crippen MR) is 57.6 cm³/mol. The van der Waals surface area contributed by atoms with Crippen molar-refractivity contribution in [2.75, 3.05) is 11.9 Å². The Bertz CT molecular complexity index is 328. The molecule has 0 aliphatic carbocycles. The number of nitrogens with one attached hydrogen (secondary N) is 1. The van der Waals surface area contributed by atoms with Gasteiger partial charge in [-0.15, -0.1) is 0 Å². The first kappa shape index (κ1) is 10.1. The van der Waals surface area contributed by atoms with Crippen LogP contribution in [0.1, 0.15) is 18.9 Å². The molecule has 0 aromatic heterocycles. The van der Waals surface area contributed by atoms with E-state index in [2.05, 4.69) is 34.2 Å². The van der Waals surface area contributed by atoms with E-state index in [0.29, 0.717) is 5.56 Å². The Hall–Kier alpha value is -1.01. The minimum Gasteiger partial charge on any atom is -0.384 e. The van der Waals surface area contributed by atoms with Gasteiger partial charge in [-0.25, -0.2) is 0 Å². The molecule has 3 heteroatoms. The molecule has 0 bridgehead atoms. The Balaban J connectivity index is 2.88. The van der Waals surface area contributed by atoms with E-state index in [9.17, 15) is 0 Å². The first-order valence-electron chi connectivity index (χ1n) is 4.21. The van der Waals surface area contributed by atoms with Crippen molar-refractivity contribution in [3.8, 4) is 6.07 Å². The van der Waals surface area contributed by atoms with Crippen molar-refractivity contribution in [2.24, 2.45) is 0 Å². The monoisotopic (exact) mass is 238 g/mol. The summed E-state index contributed by atoms with van der Waals surface area (Å²) >= 11 is 3.33. The molecule has 0 radical (unpaired) electrons. The van der Waals surface area contributed by atoms with Crippen LogP contribution in [0, 0.1) is 11.3 Å². The van der Waals surface area contributed by atoms with Gasteiger partial charge in [-0.05, 0) is 24.6 Å². The standard InChI is InChI=1S/C10H11BrN2/c1-2-5-13-10-4-3-9(11)6-8(10)7-12/h3-4,6,13H,2,5H2,1H3. The number of rotatable bonds is 3. The lowest BCUT2D eigenvalue weighted by Crippen LogP contribution is -2.01. The van der Waals surface area contributed by atoms with Crippen LogP contribution >= 0.6 is 15.9 Å². The van der Waals surface area contributed by atoms with Crippen LogP contribution in [0.4, 0.5) is 5.69 Å². The molecule has 0 unspecified atom stereocenters. The lowest BCUT2D eigenvalue weighted by molar-refractivity contribution is 0.979. The molecule has 0 aliphatic heterocycles. The molecule has 68 valence electrons. The highest BCUT2D eigenvalue weighted by molar-refractivity contribution is 9.10. The Morgan fingerprint density at radius 3 is 2.92 bits per heavy atom. The highest BCUT2D eigenvalue weighted by atomic mass is 79.9. The maximum absolute atomic E-state index is 8.83. The lowest BCUT2D eigenvalue weighted by Gasteiger charge is -2.06.